The largest absolute Gasteiger partial charge is 0.388 e. The lowest BCUT2D eigenvalue weighted by Crippen LogP contribution is -2.40. The first kappa shape index (κ1) is 16.5. The van der Waals surface area contributed by atoms with Crippen LogP contribution in [0.2, 0.25) is 0 Å². The Labute approximate surface area is 127 Å². The number of nitrogens with one attached hydrogen (secondary N) is 1. The van der Waals surface area contributed by atoms with Gasteiger partial charge in [-0.25, -0.2) is 0 Å². The molecular formula is C14H20BrNO2S. The average molecular weight is 346 g/mol. The number of aryl methyl sites for hydroxylation is 1. The molecule has 0 spiro atoms. The number of carbonyl (C=O) groups excluding carboxylic acids is 1. The third-order valence-corrected chi connectivity index (χ3v) is 4.59. The highest BCUT2D eigenvalue weighted by Crippen LogP contribution is 2.25. The van der Waals surface area contributed by atoms with Crippen molar-refractivity contribution in [3.63, 3.8) is 0 Å². The summed E-state index contributed by atoms with van der Waals surface area (Å²) in [5, 5.41) is 12.6. The van der Waals surface area contributed by atoms with Gasteiger partial charge in [0.1, 0.15) is 0 Å². The first-order valence-corrected chi connectivity index (χ1v) is 8.00. The zero-order chi connectivity index (χ0) is 14.5. The molecule has 0 heterocycles. The number of rotatable bonds is 6. The van der Waals surface area contributed by atoms with Gasteiger partial charge in [0.05, 0.1) is 11.4 Å². The smallest absolute Gasteiger partial charge is 0.230 e. The summed E-state index contributed by atoms with van der Waals surface area (Å²) in [6, 6.07) is 6.00. The molecule has 1 aromatic rings. The molecule has 0 radical (unpaired) electrons. The van der Waals surface area contributed by atoms with Crippen LogP contribution in [0.1, 0.15) is 25.8 Å². The lowest BCUT2D eigenvalue weighted by atomic mass is 10.0. The molecule has 5 heteroatoms. The van der Waals surface area contributed by atoms with Gasteiger partial charge >= 0.3 is 0 Å². The van der Waals surface area contributed by atoms with Crippen LogP contribution in [0.25, 0.3) is 0 Å². The van der Waals surface area contributed by atoms with Crippen LogP contribution in [0.3, 0.4) is 0 Å². The van der Waals surface area contributed by atoms with Crippen molar-refractivity contribution < 1.29 is 9.90 Å². The molecule has 19 heavy (non-hydrogen) atoms. The Bertz CT molecular complexity index is 449. The van der Waals surface area contributed by atoms with Gasteiger partial charge in [0.2, 0.25) is 5.91 Å². The first-order chi connectivity index (χ1) is 8.84. The molecule has 1 rings (SSSR count). The highest BCUT2D eigenvalue weighted by molar-refractivity contribution is 9.10. The Hall–Kier alpha value is -0.520. The van der Waals surface area contributed by atoms with Crippen molar-refractivity contribution in [1.29, 1.82) is 0 Å². The molecule has 3 nitrogen and oxygen atoms in total. The normalized spacial score (nSPS) is 13.9. The Balaban J connectivity index is 2.42. The second-order valence-corrected chi connectivity index (χ2v) is 6.76. The molecule has 106 valence electrons. The van der Waals surface area contributed by atoms with Gasteiger partial charge in [-0.1, -0.05) is 22.9 Å². The van der Waals surface area contributed by atoms with Crippen LogP contribution in [0.5, 0.6) is 0 Å². The monoisotopic (exact) mass is 345 g/mol. The Morgan fingerprint density at radius 1 is 1.53 bits per heavy atom. The summed E-state index contributed by atoms with van der Waals surface area (Å²) in [7, 11) is 0. The predicted octanol–water partition coefficient (Wildman–Crippen LogP) is 3.13. The van der Waals surface area contributed by atoms with Crippen molar-refractivity contribution in [1.82, 2.24) is 5.32 Å². The number of hydrogen-bond donors (Lipinski definition) is 2. The fourth-order valence-electron chi connectivity index (χ4n) is 1.38. The SMILES string of the molecule is CCC(C)(O)CNC(=O)CSc1ccc(Br)cc1C. The minimum Gasteiger partial charge on any atom is -0.388 e. The number of thioether (sulfide) groups is 1. The van der Waals surface area contributed by atoms with Crippen molar-refractivity contribution in [3.05, 3.63) is 28.2 Å². The standard InChI is InChI=1S/C14H20BrNO2S/c1-4-14(3,18)9-16-13(17)8-19-12-6-5-11(15)7-10(12)2/h5-7,18H,4,8-9H2,1-3H3,(H,16,17). The first-order valence-electron chi connectivity index (χ1n) is 6.22. The van der Waals surface area contributed by atoms with Crippen LogP contribution in [-0.2, 0) is 4.79 Å². The van der Waals surface area contributed by atoms with Gasteiger partial charge in [-0.3, -0.25) is 4.79 Å². The minimum absolute atomic E-state index is 0.0546. The molecule has 1 amide bonds. The third-order valence-electron chi connectivity index (χ3n) is 2.92. The second kappa shape index (κ2) is 7.31. The summed E-state index contributed by atoms with van der Waals surface area (Å²) in [5.74, 6) is 0.309. The van der Waals surface area contributed by atoms with Crippen LogP contribution >= 0.6 is 27.7 Å². The van der Waals surface area contributed by atoms with Crippen molar-refractivity contribution in [2.24, 2.45) is 0 Å². The Morgan fingerprint density at radius 2 is 2.21 bits per heavy atom. The topological polar surface area (TPSA) is 49.3 Å². The number of hydrogen-bond acceptors (Lipinski definition) is 3. The number of halogens is 1. The summed E-state index contributed by atoms with van der Waals surface area (Å²) in [6.07, 6.45) is 0.617. The van der Waals surface area contributed by atoms with E-state index in [4.69, 9.17) is 0 Å². The Morgan fingerprint density at radius 3 is 2.79 bits per heavy atom. The van der Waals surface area contributed by atoms with Crippen molar-refractivity contribution in [3.8, 4) is 0 Å². The minimum atomic E-state index is -0.826. The predicted molar refractivity (Wildman–Crippen MR) is 83.5 cm³/mol. The van der Waals surface area contributed by atoms with Gasteiger partial charge in [-0.15, -0.1) is 11.8 Å². The summed E-state index contributed by atoms with van der Waals surface area (Å²) < 4.78 is 1.04. The maximum atomic E-state index is 11.7. The molecule has 1 aromatic carbocycles. The molecule has 1 atom stereocenters. The van der Waals surface area contributed by atoms with Crippen molar-refractivity contribution in [2.75, 3.05) is 12.3 Å². The molecule has 0 aliphatic carbocycles. The van der Waals surface area contributed by atoms with Gasteiger partial charge < -0.3 is 10.4 Å². The van der Waals surface area contributed by atoms with Crippen LogP contribution in [0.15, 0.2) is 27.6 Å². The van der Waals surface area contributed by atoms with Gasteiger partial charge in [0.25, 0.3) is 0 Å². The second-order valence-electron chi connectivity index (χ2n) is 4.83. The molecule has 0 bridgehead atoms. The van der Waals surface area contributed by atoms with E-state index in [-0.39, 0.29) is 5.91 Å². The van der Waals surface area contributed by atoms with Crippen molar-refractivity contribution >= 4 is 33.6 Å². The molecule has 0 aliphatic rings. The van der Waals surface area contributed by atoms with E-state index in [2.05, 4.69) is 21.2 Å². The number of benzene rings is 1. The molecule has 0 saturated heterocycles. The summed E-state index contributed by atoms with van der Waals surface area (Å²) in [4.78, 5) is 12.8. The molecule has 2 N–H and O–H groups in total. The number of carbonyl (C=O) groups is 1. The van der Waals surface area contributed by atoms with E-state index in [1.54, 1.807) is 6.92 Å². The van der Waals surface area contributed by atoms with Gasteiger partial charge in [-0.2, -0.15) is 0 Å². The van der Waals surface area contributed by atoms with Crippen LogP contribution < -0.4 is 5.32 Å². The number of amides is 1. The van der Waals surface area contributed by atoms with E-state index in [0.717, 1.165) is 14.9 Å². The molecule has 0 saturated carbocycles. The van der Waals surface area contributed by atoms with Crippen LogP contribution in [-0.4, -0.2) is 28.9 Å². The molecule has 0 aliphatic heterocycles. The maximum Gasteiger partial charge on any atom is 0.230 e. The van der Waals surface area contributed by atoms with Crippen molar-refractivity contribution in [2.45, 2.75) is 37.7 Å². The Kier molecular flexibility index (Phi) is 6.36. The van der Waals surface area contributed by atoms with E-state index in [9.17, 15) is 9.90 Å². The van der Waals surface area contributed by atoms with Gasteiger partial charge in [-0.05, 0) is 44.0 Å². The molecule has 0 aromatic heterocycles. The highest BCUT2D eigenvalue weighted by Gasteiger charge is 2.18. The van der Waals surface area contributed by atoms with E-state index in [0.29, 0.717) is 18.7 Å². The fourth-order valence-corrected chi connectivity index (χ4v) is 2.70. The van der Waals surface area contributed by atoms with Crippen LogP contribution in [0, 0.1) is 6.92 Å². The summed E-state index contributed by atoms with van der Waals surface area (Å²) >= 11 is 4.92. The highest BCUT2D eigenvalue weighted by atomic mass is 79.9. The average Bonchev–Trinajstić information content (AvgIpc) is 2.35. The quantitative estimate of drug-likeness (QED) is 0.778. The molecule has 0 fully saturated rings. The fraction of sp³-hybridized carbons (Fsp3) is 0.500. The van der Waals surface area contributed by atoms with E-state index in [1.165, 1.54) is 11.8 Å². The summed E-state index contributed by atoms with van der Waals surface area (Å²) in [6.45, 7) is 5.93. The number of aliphatic hydroxyl groups is 1. The maximum absolute atomic E-state index is 11.7. The summed E-state index contributed by atoms with van der Waals surface area (Å²) in [5.41, 5.74) is 0.321. The zero-order valence-corrected chi connectivity index (χ0v) is 13.9. The van der Waals surface area contributed by atoms with E-state index < -0.39 is 5.60 Å². The molecule has 1 unspecified atom stereocenters. The van der Waals surface area contributed by atoms with Gasteiger partial charge in [0, 0.05) is 15.9 Å². The van der Waals surface area contributed by atoms with Crippen LogP contribution in [0.4, 0.5) is 0 Å². The third kappa shape index (κ3) is 5.97. The van der Waals surface area contributed by atoms with E-state index >= 15 is 0 Å². The lowest BCUT2D eigenvalue weighted by molar-refractivity contribution is -0.119. The molecular weight excluding hydrogens is 326 g/mol. The van der Waals surface area contributed by atoms with E-state index in [1.807, 2.05) is 32.0 Å². The lowest BCUT2D eigenvalue weighted by Gasteiger charge is -2.21. The zero-order valence-electron chi connectivity index (χ0n) is 11.5. The van der Waals surface area contributed by atoms with Gasteiger partial charge in [0.15, 0.2) is 0 Å².